The van der Waals surface area contributed by atoms with Gasteiger partial charge >= 0.3 is 11.9 Å². The molecule has 0 radical (unpaired) electrons. The minimum absolute atomic E-state index is 0.0635. The number of hydrogen-bond acceptors (Lipinski definition) is 4. The zero-order chi connectivity index (χ0) is 21.1. The molecule has 0 spiro atoms. The average Bonchev–Trinajstić information content (AvgIpc) is 2.64. The van der Waals surface area contributed by atoms with Gasteiger partial charge in [-0.2, -0.15) is 0 Å². The lowest BCUT2D eigenvalue weighted by Gasteiger charge is -2.17. The minimum atomic E-state index is -1.82. The SMILES string of the molecule is Cc1ccc(C)c(NC(=O)CCN(C)Cc2ccccc2)c1.O=C(O)C(=O)O. The summed E-state index contributed by atoms with van der Waals surface area (Å²) >= 11 is 0. The van der Waals surface area contributed by atoms with Gasteiger partial charge in [0.1, 0.15) is 0 Å². The smallest absolute Gasteiger partial charge is 0.414 e. The molecule has 0 saturated carbocycles. The summed E-state index contributed by atoms with van der Waals surface area (Å²) in [5.41, 5.74) is 4.43. The molecule has 0 bridgehead atoms. The first-order chi connectivity index (χ1) is 13.2. The fraction of sp³-hybridized carbons (Fsp3) is 0.286. The topological polar surface area (TPSA) is 107 Å². The van der Waals surface area contributed by atoms with Gasteiger partial charge in [0, 0.05) is 25.2 Å². The third kappa shape index (κ3) is 8.95. The molecular formula is C21H26N2O5. The van der Waals surface area contributed by atoms with Crippen LogP contribution in [0, 0.1) is 13.8 Å². The lowest BCUT2D eigenvalue weighted by atomic mass is 10.1. The van der Waals surface area contributed by atoms with E-state index in [0.717, 1.165) is 29.9 Å². The number of anilines is 1. The number of aliphatic carboxylic acids is 2. The number of nitrogens with one attached hydrogen (secondary N) is 1. The number of rotatable bonds is 6. The summed E-state index contributed by atoms with van der Waals surface area (Å²) in [5.74, 6) is -3.58. The van der Waals surface area contributed by atoms with Gasteiger partial charge in [-0.15, -0.1) is 0 Å². The van der Waals surface area contributed by atoms with E-state index in [-0.39, 0.29) is 5.91 Å². The number of benzene rings is 2. The number of hydrogen-bond donors (Lipinski definition) is 3. The maximum atomic E-state index is 12.1. The van der Waals surface area contributed by atoms with Crippen LogP contribution in [-0.2, 0) is 20.9 Å². The second-order valence-corrected chi connectivity index (χ2v) is 6.45. The van der Waals surface area contributed by atoms with Gasteiger partial charge in [-0.3, -0.25) is 4.79 Å². The number of nitrogens with zero attached hydrogens (tertiary/aromatic N) is 1. The molecule has 0 aliphatic rings. The molecule has 150 valence electrons. The van der Waals surface area contributed by atoms with E-state index in [1.165, 1.54) is 5.56 Å². The van der Waals surface area contributed by atoms with Crippen LogP contribution in [0.3, 0.4) is 0 Å². The first-order valence-electron chi connectivity index (χ1n) is 8.75. The van der Waals surface area contributed by atoms with Crippen molar-refractivity contribution in [3.63, 3.8) is 0 Å². The van der Waals surface area contributed by atoms with Crippen molar-refractivity contribution in [2.75, 3.05) is 18.9 Å². The van der Waals surface area contributed by atoms with Crippen molar-refractivity contribution in [3.05, 3.63) is 65.2 Å². The van der Waals surface area contributed by atoms with Crippen LogP contribution in [0.2, 0.25) is 0 Å². The Morgan fingerprint density at radius 1 is 0.964 bits per heavy atom. The Hall–Kier alpha value is -3.19. The summed E-state index contributed by atoms with van der Waals surface area (Å²) in [4.78, 5) is 32.5. The summed E-state index contributed by atoms with van der Waals surface area (Å²) in [5, 5.41) is 17.8. The molecule has 0 aromatic heterocycles. The third-order valence-corrected chi connectivity index (χ3v) is 3.87. The van der Waals surface area contributed by atoms with Crippen LogP contribution in [0.25, 0.3) is 0 Å². The standard InChI is InChI=1S/C19H24N2O.C2H2O4/c1-15-9-10-16(2)18(13-15)20-19(22)11-12-21(3)14-17-7-5-4-6-8-17;3-1(4)2(5)6/h4-10,13H,11-12,14H2,1-3H3,(H,20,22);(H,3,4)(H,5,6). The number of aryl methyl sites for hydroxylation is 2. The molecule has 28 heavy (non-hydrogen) atoms. The first-order valence-corrected chi connectivity index (χ1v) is 8.75. The molecule has 2 aromatic rings. The molecule has 0 unspecified atom stereocenters. The molecule has 2 rings (SSSR count). The van der Waals surface area contributed by atoms with Gasteiger partial charge in [0.15, 0.2) is 0 Å². The summed E-state index contributed by atoms with van der Waals surface area (Å²) in [6.45, 7) is 5.64. The Morgan fingerprint density at radius 3 is 2.14 bits per heavy atom. The highest BCUT2D eigenvalue weighted by atomic mass is 16.4. The Labute approximate surface area is 164 Å². The molecule has 1 amide bonds. The third-order valence-electron chi connectivity index (χ3n) is 3.87. The highest BCUT2D eigenvalue weighted by molar-refractivity contribution is 6.27. The fourth-order valence-corrected chi connectivity index (χ4v) is 2.35. The molecule has 7 heteroatoms. The molecular weight excluding hydrogens is 360 g/mol. The Balaban J connectivity index is 0.000000568. The lowest BCUT2D eigenvalue weighted by molar-refractivity contribution is -0.159. The molecule has 7 nitrogen and oxygen atoms in total. The van der Waals surface area contributed by atoms with E-state index in [9.17, 15) is 4.79 Å². The van der Waals surface area contributed by atoms with Gasteiger partial charge in [-0.1, -0.05) is 42.5 Å². The Bertz CT molecular complexity index is 794. The molecule has 0 aliphatic carbocycles. The maximum absolute atomic E-state index is 12.1. The first kappa shape index (κ1) is 22.9. The van der Waals surface area contributed by atoms with Crippen LogP contribution < -0.4 is 5.32 Å². The number of carboxylic acids is 2. The largest absolute Gasteiger partial charge is 0.473 e. The summed E-state index contributed by atoms with van der Waals surface area (Å²) in [6, 6.07) is 16.4. The predicted molar refractivity (Wildman–Crippen MR) is 107 cm³/mol. The van der Waals surface area contributed by atoms with Crippen LogP contribution in [0.5, 0.6) is 0 Å². The number of carbonyl (C=O) groups is 3. The fourth-order valence-electron chi connectivity index (χ4n) is 2.35. The van der Waals surface area contributed by atoms with E-state index in [0.29, 0.717) is 6.42 Å². The van der Waals surface area contributed by atoms with E-state index in [1.807, 2.05) is 51.2 Å². The maximum Gasteiger partial charge on any atom is 0.414 e. The van der Waals surface area contributed by atoms with Crippen LogP contribution >= 0.6 is 0 Å². The van der Waals surface area contributed by atoms with Gasteiger partial charge < -0.3 is 20.4 Å². The second kappa shape index (κ2) is 11.5. The normalized spacial score (nSPS) is 10.0. The van der Waals surface area contributed by atoms with Crippen molar-refractivity contribution in [2.45, 2.75) is 26.8 Å². The number of carbonyl (C=O) groups excluding carboxylic acids is 1. The number of carboxylic acid groups (broad SMARTS) is 2. The number of amides is 1. The van der Waals surface area contributed by atoms with E-state index in [1.54, 1.807) is 0 Å². The average molecular weight is 386 g/mol. The van der Waals surface area contributed by atoms with Gasteiger partial charge in [-0.05, 0) is 43.7 Å². The van der Waals surface area contributed by atoms with E-state index >= 15 is 0 Å². The molecule has 0 aliphatic heterocycles. The summed E-state index contributed by atoms with van der Waals surface area (Å²) < 4.78 is 0. The van der Waals surface area contributed by atoms with Crippen molar-refractivity contribution < 1.29 is 24.6 Å². The zero-order valence-electron chi connectivity index (χ0n) is 16.3. The Kier molecular flexibility index (Phi) is 9.39. The lowest BCUT2D eigenvalue weighted by Crippen LogP contribution is -2.24. The molecule has 0 heterocycles. The highest BCUT2D eigenvalue weighted by Gasteiger charge is 2.07. The zero-order valence-corrected chi connectivity index (χ0v) is 16.3. The molecule has 2 aromatic carbocycles. The van der Waals surface area contributed by atoms with Crippen molar-refractivity contribution in [2.24, 2.45) is 0 Å². The summed E-state index contributed by atoms with van der Waals surface area (Å²) in [7, 11) is 2.04. The van der Waals surface area contributed by atoms with Crippen LogP contribution in [0.4, 0.5) is 5.69 Å². The van der Waals surface area contributed by atoms with Crippen molar-refractivity contribution in [1.29, 1.82) is 0 Å². The van der Waals surface area contributed by atoms with E-state index in [2.05, 4.69) is 28.4 Å². The van der Waals surface area contributed by atoms with Gasteiger partial charge in [0.25, 0.3) is 0 Å². The quantitative estimate of drug-likeness (QED) is 0.659. The van der Waals surface area contributed by atoms with Crippen LogP contribution in [0.15, 0.2) is 48.5 Å². The Morgan fingerprint density at radius 2 is 1.57 bits per heavy atom. The second-order valence-electron chi connectivity index (χ2n) is 6.45. The van der Waals surface area contributed by atoms with E-state index in [4.69, 9.17) is 19.8 Å². The molecule has 3 N–H and O–H groups in total. The molecule has 0 atom stereocenters. The van der Waals surface area contributed by atoms with Crippen molar-refractivity contribution >= 4 is 23.5 Å². The highest BCUT2D eigenvalue weighted by Crippen LogP contribution is 2.16. The molecule has 0 fully saturated rings. The van der Waals surface area contributed by atoms with Gasteiger partial charge in [0.2, 0.25) is 5.91 Å². The molecule has 0 saturated heterocycles. The van der Waals surface area contributed by atoms with Gasteiger partial charge in [-0.25, -0.2) is 9.59 Å². The summed E-state index contributed by atoms with van der Waals surface area (Å²) in [6.07, 6.45) is 0.497. The van der Waals surface area contributed by atoms with Gasteiger partial charge in [0.05, 0.1) is 0 Å². The van der Waals surface area contributed by atoms with Crippen molar-refractivity contribution in [1.82, 2.24) is 4.90 Å². The van der Waals surface area contributed by atoms with Crippen molar-refractivity contribution in [3.8, 4) is 0 Å². The monoisotopic (exact) mass is 386 g/mol. The minimum Gasteiger partial charge on any atom is -0.473 e. The predicted octanol–water partition coefficient (Wildman–Crippen LogP) is 2.92. The van der Waals surface area contributed by atoms with Crippen LogP contribution in [-0.4, -0.2) is 46.6 Å². The van der Waals surface area contributed by atoms with E-state index < -0.39 is 11.9 Å². The van der Waals surface area contributed by atoms with Crippen LogP contribution in [0.1, 0.15) is 23.1 Å².